The van der Waals surface area contributed by atoms with Crippen LogP contribution in [0.15, 0.2) is 0 Å². The maximum Gasteiger partial charge on any atom is 0.134 e. The molecule has 2 heteroatoms. The van der Waals surface area contributed by atoms with Crippen molar-refractivity contribution in [2.24, 2.45) is 10.8 Å². The van der Waals surface area contributed by atoms with Crippen LogP contribution in [-0.4, -0.2) is 30.3 Å². The van der Waals surface area contributed by atoms with Crippen LogP contribution >= 0.6 is 0 Å². The van der Waals surface area contributed by atoms with Crippen LogP contribution < -0.4 is 0 Å². The van der Waals surface area contributed by atoms with E-state index >= 15 is 0 Å². The standard InChI is InChI=1S/C11H17NO/c1-10-6-11(10)4-3-8(13)5-9(11)12(2)7-10/h9H,3-7H2,1-2H3. The van der Waals surface area contributed by atoms with Gasteiger partial charge in [0.2, 0.25) is 0 Å². The third-order valence-corrected chi connectivity index (χ3v) is 4.82. The average molecular weight is 179 g/mol. The summed E-state index contributed by atoms with van der Waals surface area (Å²) in [6, 6.07) is 0.582. The largest absolute Gasteiger partial charge is 0.302 e. The van der Waals surface area contributed by atoms with E-state index in [0.29, 0.717) is 22.7 Å². The second-order valence-electron chi connectivity index (χ2n) is 5.57. The van der Waals surface area contributed by atoms with Crippen molar-refractivity contribution in [1.82, 2.24) is 4.90 Å². The summed E-state index contributed by atoms with van der Waals surface area (Å²) in [5.41, 5.74) is 1.11. The van der Waals surface area contributed by atoms with Gasteiger partial charge in [-0.2, -0.15) is 0 Å². The van der Waals surface area contributed by atoms with Crippen molar-refractivity contribution < 1.29 is 4.79 Å². The van der Waals surface area contributed by atoms with E-state index in [1.807, 2.05) is 0 Å². The monoisotopic (exact) mass is 179 g/mol. The molecule has 0 N–H and O–H groups in total. The Bertz CT molecular complexity index is 288. The summed E-state index contributed by atoms with van der Waals surface area (Å²) in [6.07, 6.45) is 4.21. The SMILES string of the molecule is CN1CC2(C)CC23CCC(=O)CC13. The number of rotatable bonds is 0. The normalized spacial score (nSPS) is 54.6. The average Bonchev–Trinajstić information content (AvgIpc) is 2.55. The van der Waals surface area contributed by atoms with Crippen LogP contribution in [0.25, 0.3) is 0 Å². The molecule has 0 aromatic rings. The predicted octanol–water partition coefficient (Wildman–Crippen LogP) is 1.45. The molecule has 0 radical (unpaired) electrons. The van der Waals surface area contributed by atoms with E-state index in [9.17, 15) is 4.79 Å². The van der Waals surface area contributed by atoms with E-state index in [4.69, 9.17) is 0 Å². The highest BCUT2D eigenvalue weighted by atomic mass is 16.1. The molecule has 1 heterocycles. The first kappa shape index (κ1) is 7.98. The molecule has 13 heavy (non-hydrogen) atoms. The molecule has 1 spiro atoms. The van der Waals surface area contributed by atoms with Gasteiger partial charge in [-0.3, -0.25) is 4.79 Å². The lowest BCUT2D eigenvalue weighted by molar-refractivity contribution is -0.123. The Hall–Kier alpha value is -0.370. The molecule has 1 saturated heterocycles. The highest BCUT2D eigenvalue weighted by Crippen LogP contribution is 2.74. The molecule has 1 aliphatic heterocycles. The Kier molecular flexibility index (Phi) is 1.23. The fourth-order valence-electron chi connectivity index (χ4n) is 4.06. The third kappa shape index (κ3) is 0.762. The summed E-state index contributed by atoms with van der Waals surface area (Å²) < 4.78 is 0. The molecule has 72 valence electrons. The van der Waals surface area contributed by atoms with Crippen molar-refractivity contribution in [3.05, 3.63) is 0 Å². The van der Waals surface area contributed by atoms with Gasteiger partial charge in [-0.1, -0.05) is 6.92 Å². The molecular formula is C11H17NO. The number of hydrogen-bond acceptors (Lipinski definition) is 2. The van der Waals surface area contributed by atoms with E-state index in [-0.39, 0.29) is 0 Å². The summed E-state index contributed by atoms with van der Waals surface area (Å²) >= 11 is 0. The second-order valence-corrected chi connectivity index (χ2v) is 5.57. The van der Waals surface area contributed by atoms with Crippen molar-refractivity contribution >= 4 is 5.78 Å². The van der Waals surface area contributed by atoms with E-state index in [2.05, 4.69) is 18.9 Å². The molecule has 3 aliphatic rings. The Morgan fingerprint density at radius 3 is 3.08 bits per heavy atom. The Morgan fingerprint density at radius 2 is 2.31 bits per heavy atom. The van der Waals surface area contributed by atoms with Gasteiger partial charge >= 0.3 is 0 Å². The summed E-state index contributed by atoms with van der Waals surface area (Å²) in [6.45, 7) is 3.62. The van der Waals surface area contributed by atoms with E-state index < -0.39 is 0 Å². The van der Waals surface area contributed by atoms with Gasteiger partial charge in [-0.05, 0) is 30.7 Å². The number of likely N-dealkylation sites (tertiary alicyclic amines) is 1. The van der Waals surface area contributed by atoms with Crippen LogP contribution in [0.4, 0.5) is 0 Å². The Balaban J connectivity index is 1.95. The maximum absolute atomic E-state index is 11.4. The fourth-order valence-corrected chi connectivity index (χ4v) is 4.06. The summed E-state index contributed by atoms with van der Waals surface area (Å²) in [5.74, 6) is 0.485. The van der Waals surface area contributed by atoms with Gasteiger partial charge < -0.3 is 4.90 Å². The highest BCUT2D eigenvalue weighted by Gasteiger charge is 2.73. The van der Waals surface area contributed by atoms with Crippen molar-refractivity contribution in [2.45, 2.75) is 38.6 Å². The zero-order valence-electron chi connectivity index (χ0n) is 8.47. The van der Waals surface area contributed by atoms with E-state index in [1.165, 1.54) is 13.0 Å². The minimum absolute atomic E-state index is 0.485. The smallest absolute Gasteiger partial charge is 0.134 e. The number of ketones is 1. The lowest BCUT2D eigenvalue weighted by Crippen LogP contribution is -2.39. The van der Waals surface area contributed by atoms with Gasteiger partial charge in [0.15, 0.2) is 0 Å². The molecule has 0 amide bonds. The molecule has 0 aromatic carbocycles. The first-order chi connectivity index (χ1) is 6.07. The maximum atomic E-state index is 11.4. The van der Waals surface area contributed by atoms with Crippen LogP contribution in [0, 0.1) is 10.8 Å². The first-order valence-corrected chi connectivity index (χ1v) is 5.29. The molecular weight excluding hydrogens is 162 g/mol. The number of nitrogens with zero attached hydrogens (tertiary/aromatic N) is 1. The third-order valence-electron chi connectivity index (χ3n) is 4.82. The van der Waals surface area contributed by atoms with Crippen LogP contribution in [-0.2, 0) is 4.79 Å². The second kappa shape index (κ2) is 2.00. The number of piperidine rings is 1. The topological polar surface area (TPSA) is 20.3 Å². The molecule has 3 fully saturated rings. The van der Waals surface area contributed by atoms with E-state index in [1.54, 1.807) is 0 Å². The molecule has 0 aromatic heterocycles. The quantitative estimate of drug-likeness (QED) is 0.561. The van der Waals surface area contributed by atoms with Crippen LogP contribution in [0.1, 0.15) is 32.6 Å². The van der Waals surface area contributed by atoms with Crippen molar-refractivity contribution in [3.8, 4) is 0 Å². The van der Waals surface area contributed by atoms with Crippen molar-refractivity contribution in [1.29, 1.82) is 0 Å². The van der Waals surface area contributed by atoms with Crippen LogP contribution in [0.2, 0.25) is 0 Å². The molecule has 0 bridgehead atoms. The fraction of sp³-hybridized carbons (Fsp3) is 0.909. The summed E-state index contributed by atoms with van der Waals surface area (Å²) in [4.78, 5) is 13.8. The lowest BCUT2D eigenvalue weighted by atomic mass is 9.78. The van der Waals surface area contributed by atoms with Gasteiger partial charge in [-0.15, -0.1) is 0 Å². The Morgan fingerprint density at radius 1 is 1.54 bits per heavy atom. The zero-order valence-corrected chi connectivity index (χ0v) is 8.47. The molecule has 2 nitrogen and oxygen atoms in total. The molecule has 3 unspecified atom stereocenters. The number of Topliss-reactive ketones (excluding diaryl/α,β-unsaturated/α-hetero) is 1. The van der Waals surface area contributed by atoms with Gasteiger partial charge in [-0.25, -0.2) is 0 Å². The minimum atomic E-state index is 0.485. The highest BCUT2D eigenvalue weighted by molar-refractivity contribution is 5.80. The Labute approximate surface area is 79.3 Å². The summed E-state index contributed by atoms with van der Waals surface area (Å²) in [5, 5.41) is 0. The van der Waals surface area contributed by atoms with Gasteiger partial charge in [0.1, 0.15) is 5.78 Å². The van der Waals surface area contributed by atoms with Gasteiger partial charge in [0, 0.05) is 25.4 Å². The predicted molar refractivity (Wildman–Crippen MR) is 50.4 cm³/mol. The van der Waals surface area contributed by atoms with Crippen LogP contribution in [0.3, 0.4) is 0 Å². The number of carbonyl (C=O) groups excluding carboxylic acids is 1. The summed E-state index contributed by atoms with van der Waals surface area (Å²) in [7, 11) is 2.18. The number of hydrogen-bond donors (Lipinski definition) is 0. The zero-order chi connectivity index (χ0) is 9.27. The van der Waals surface area contributed by atoms with Crippen molar-refractivity contribution in [2.75, 3.05) is 13.6 Å². The van der Waals surface area contributed by atoms with Crippen LogP contribution in [0.5, 0.6) is 0 Å². The van der Waals surface area contributed by atoms with Crippen molar-refractivity contribution in [3.63, 3.8) is 0 Å². The first-order valence-electron chi connectivity index (χ1n) is 5.29. The lowest BCUT2D eigenvalue weighted by Gasteiger charge is -2.32. The molecule has 3 rings (SSSR count). The molecule has 2 aliphatic carbocycles. The van der Waals surface area contributed by atoms with Gasteiger partial charge in [0.25, 0.3) is 0 Å². The van der Waals surface area contributed by atoms with Gasteiger partial charge in [0.05, 0.1) is 0 Å². The molecule has 3 atom stereocenters. The molecule has 2 saturated carbocycles. The number of carbonyl (C=O) groups is 1. The van der Waals surface area contributed by atoms with E-state index in [0.717, 1.165) is 19.3 Å². The minimum Gasteiger partial charge on any atom is -0.302 e.